The van der Waals surface area contributed by atoms with Gasteiger partial charge in [-0.15, -0.1) is 11.3 Å². The molecular formula is C15H25N3OS. The molecule has 0 bridgehead atoms. The Hall–Kier alpha value is -0.650. The summed E-state index contributed by atoms with van der Waals surface area (Å²) >= 11 is 1.80. The Kier molecular flexibility index (Phi) is 4.29. The van der Waals surface area contributed by atoms with E-state index in [0.717, 1.165) is 62.2 Å². The van der Waals surface area contributed by atoms with Crippen LogP contribution in [0.5, 0.6) is 0 Å². The van der Waals surface area contributed by atoms with E-state index in [-0.39, 0.29) is 6.10 Å². The second-order valence-electron chi connectivity index (χ2n) is 6.39. The maximum atomic E-state index is 10.0. The van der Waals surface area contributed by atoms with Crippen molar-refractivity contribution in [3.63, 3.8) is 0 Å². The van der Waals surface area contributed by atoms with Gasteiger partial charge in [0.2, 0.25) is 0 Å². The van der Waals surface area contributed by atoms with Gasteiger partial charge in [-0.1, -0.05) is 13.8 Å². The molecule has 1 atom stereocenters. The molecule has 1 N–H and O–H groups in total. The highest BCUT2D eigenvalue weighted by Crippen LogP contribution is 2.36. The first-order chi connectivity index (χ1) is 9.63. The van der Waals surface area contributed by atoms with Crippen molar-refractivity contribution in [1.29, 1.82) is 0 Å². The van der Waals surface area contributed by atoms with Crippen LogP contribution >= 0.6 is 11.3 Å². The summed E-state index contributed by atoms with van der Waals surface area (Å²) in [6.07, 6.45) is 2.74. The van der Waals surface area contributed by atoms with E-state index in [0.29, 0.717) is 0 Å². The van der Waals surface area contributed by atoms with Crippen LogP contribution in [0.3, 0.4) is 0 Å². The molecule has 5 heteroatoms. The molecule has 1 aliphatic heterocycles. The highest BCUT2D eigenvalue weighted by Gasteiger charge is 2.26. The van der Waals surface area contributed by atoms with Crippen molar-refractivity contribution in [3.8, 4) is 0 Å². The average Bonchev–Trinajstić information content (AvgIpc) is 2.84. The van der Waals surface area contributed by atoms with Crippen LogP contribution in [-0.4, -0.2) is 47.7 Å². The topological polar surface area (TPSA) is 39.6 Å². The first-order valence-electron chi connectivity index (χ1n) is 7.78. The highest BCUT2D eigenvalue weighted by molar-refractivity contribution is 7.15. The molecule has 2 aliphatic rings. The first-order valence-corrected chi connectivity index (χ1v) is 8.60. The first kappa shape index (κ1) is 14.3. The molecule has 3 rings (SSSR count). The predicted molar refractivity (Wildman–Crippen MR) is 83.5 cm³/mol. The Morgan fingerprint density at radius 2 is 2.05 bits per heavy atom. The minimum atomic E-state index is -0.328. The third kappa shape index (κ3) is 3.00. The number of nitrogens with zero attached hydrogens (tertiary/aromatic N) is 3. The van der Waals surface area contributed by atoms with Crippen molar-refractivity contribution in [2.75, 3.05) is 37.6 Å². The quantitative estimate of drug-likeness (QED) is 0.929. The number of anilines is 1. The normalized spacial score (nSPS) is 24.2. The zero-order valence-corrected chi connectivity index (χ0v) is 13.3. The molecule has 1 saturated heterocycles. The number of hydrogen-bond donors (Lipinski definition) is 1. The fourth-order valence-electron chi connectivity index (χ4n) is 3.16. The number of aliphatic hydroxyl groups is 1. The van der Waals surface area contributed by atoms with E-state index in [1.807, 2.05) is 0 Å². The molecule has 0 amide bonds. The van der Waals surface area contributed by atoms with E-state index in [1.54, 1.807) is 11.3 Å². The lowest BCUT2D eigenvalue weighted by atomic mass is 10.0. The smallest absolute Gasteiger partial charge is 0.185 e. The van der Waals surface area contributed by atoms with E-state index >= 15 is 0 Å². The lowest BCUT2D eigenvalue weighted by Crippen LogP contribution is -2.47. The fraction of sp³-hybridized carbons (Fsp3) is 0.800. The van der Waals surface area contributed by atoms with Crippen molar-refractivity contribution >= 4 is 16.5 Å². The number of aliphatic hydroxyl groups excluding tert-OH is 1. The second-order valence-corrected chi connectivity index (χ2v) is 7.46. The summed E-state index contributed by atoms with van der Waals surface area (Å²) < 4.78 is 0. The van der Waals surface area contributed by atoms with Crippen LogP contribution in [0.2, 0.25) is 0 Å². The number of fused-ring (bicyclic) bond motifs is 1. The van der Waals surface area contributed by atoms with Crippen molar-refractivity contribution in [3.05, 3.63) is 10.6 Å². The Bertz CT molecular complexity index is 452. The zero-order valence-electron chi connectivity index (χ0n) is 12.5. The minimum absolute atomic E-state index is 0.328. The number of aryl methyl sites for hydroxylation is 1. The SMILES string of the molecule is CC(C)CN1CCN(c2nc3c(s2)CCCC3O)CC1. The van der Waals surface area contributed by atoms with Crippen molar-refractivity contribution < 1.29 is 5.11 Å². The van der Waals surface area contributed by atoms with Gasteiger partial charge in [0.15, 0.2) is 5.13 Å². The van der Waals surface area contributed by atoms with E-state index in [1.165, 1.54) is 11.4 Å². The van der Waals surface area contributed by atoms with Gasteiger partial charge >= 0.3 is 0 Å². The van der Waals surface area contributed by atoms with Crippen molar-refractivity contribution in [2.45, 2.75) is 39.2 Å². The number of hydrogen-bond acceptors (Lipinski definition) is 5. The van der Waals surface area contributed by atoms with Gasteiger partial charge in [-0.2, -0.15) is 0 Å². The Morgan fingerprint density at radius 1 is 1.30 bits per heavy atom. The summed E-state index contributed by atoms with van der Waals surface area (Å²) in [5.74, 6) is 0.740. The van der Waals surface area contributed by atoms with Gasteiger partial charge in [0.25, 0.3) is 0 Å². The van der Waals surface area contributed by atoms with E-state index in [9.17, 15) is 5.11 Å². The van der Waals surface area contributed by atoms with Gasteiger partial charge in [0.05, 0.1) is 11.8 Å². The maximum Gasteiger partial charge on any atom is 0.185 e. The number of thiazole rings is 1. The molecule has 4 nitrogen and oxygen atoms in total. The summed E-state index contributed by atoms with van der Waals surface area (Å²) in [7, 11) is 0. The highest BCUT2D eigenvalue weighted by atomic mass is 32.1. The van der Waals surface area contributed by atoms with Crippen molar-refractivity contribution in [1.82, 2.24) is 9.88 Å². The molecule has 112 valence electrons. The molecule has 0 radical (unpaired) electrons. The second kappa shape index (κ2) is 6.00. The van der Waals surface area contributed by atoms with Gasteiger partial charge in [0, 0.05) is 37.6 Å². The molecule has 1 fully saturated rings. The van der Waals surface area contributed by atoms with Gasteiger partial charge in [-0.3, -0.25) is 4.90 Å². The Labute approximate surface area is 125 Å². The molecule has 20 heavy (non-hydrogen) atoms. The third-order valence-corrected chi connectivity index (χ3v) is 5.37. The molecule has 1 aromatic rings. The molecule has 0 spiro atoms. The van der Waals surface area contributed by atoms with Crippen LogP contribution in [0.4, 0.5) is 5.13 Å². The molecule has 1 unspecified atom stereocenters. The predicted octanol–water partition coefficient (Wildman–Crippen LogP) is 2.29. The molecule has 1 aliphatic carbocycles. The van der Waals surface area contributed by atoms with E-state index in [4.69, 9.17) is 4.98 Å². The third-order valence-electron chi connectivity index (χ3n) is 4.18. The van der Waals surface area contributed by atoms with Gasteiger partial charge in [-0.05, 0) is 25.2 Å². The molecule has 0 saturated carbocycles. The van der Waals surface area contributed by atoms with Crippen LogP contribution < -0.4 is 4.90 Å². The summed E-state index contributed by atoms with van der Waals surface area (Å²) in [4.78, 5) is 11.0. The van der Waals surface area contributed by atoms with Crippen LogP contribution in [0.15, 0.2) is 0 Å². The monoisotopic (exact) mass is 295 g/mol. The molecular weight excluding hydrogens is 270 g/mol. The standard InChI is InChI=1S/C15H25N3OS/c1-11(2)10-17-6-8-18(9-7-17)15-16-14-12(19)4-3-5-13(14)20-15/h11-12,19H,3-10H2,1-2H3. The Balaban J connectivity index is 1.64. The van der Waals surface area contributed by atoms with Crippen LogP contribution in [0.25, 0.3) is 0 Å². The maximum absolute atomic E-state index is 10.0. The fourth-order valence-corrected chi connectivity index (χ4v) is 4.36. The number of aromatic nitrogens is 1. The van der Waals surface area contributed by atoms with Gasteiger partial charge < -0.3 is 10.0 Å². The van der Waals surface area contributed by atoms with E-state index < -0.39 is 0 Å². The van der Waals surface area contributed by atoms with Crippen LogP contribution in [0.1, 0.15) is 43.4 Å². The lowest BCUT2D eigenvalue weighted by molar-refractivity contribution is 0.153. The summed E-state index contributed by atoms with van der Waals surface area (Å²) in [5.41, 5.74) is 0.959. The number of piperazine rings is 1. The lowest BCUT2D eigenvalue weighted by Gasteiger charge is -2.35. The van der Waals surface area contributed by atoms with Gasteiger partial charge in [-0.25, -0.2) is 4.98 Å². The number of rotatable bonds is 3. The molecule has 2 heterocycles. The van der Waals surface area contributed by atoms with E-state index in [2.05, 4.69) is 23.6 Å². The zero-order chi connectivity index (χ0) is 14.1. The Morgan fingerprint density at radius 3 is 2.70 bits per heavy atom. The average molecular weight is 295 g/mol. The molecule has 1 aromatic heterocycles. The summed E-state index contributed by atoms with van der Waals surface area (Å²) in [6, 6.07) is 0. The van der Waals surface area contributed by atoms with Gasteiger partial charge in [0.1, 0.15) is 0 Å². The minimum Gasteiger partial charge on any atom is -0.387 e. The van der Waals surface area contributed by atoms with Crippen molar-refractivity contribution in [2.24, 2.45) is 5.92 Å². The summed E-state index contributed by atoms with van der Waals surface area (Å²) in [5, 5.41) is 11.2. The van der Waals surface area contributed by atoms with Crippen LogP contribution in [0, 0.1) is 5.92 Å². The van der Waals surface area contributed by atoms with Crippen LogP contribution in [-0.2, 0) is 6.42 Å². The largest absolute Gasteiger partial charge is 0.387 e. The molecule has 0 aromatic carbocycles. The summed E-state index contributed by atoms with van der Waals surface area (Å²) in [6.45, 7) is 10.1.